The van der Waals surface area contributed by atoms with E-state index in [4.69, 9.17) is 4.98 Å². The van der Waals surface area contributed by atoms with Gasteiger partial charge >= 0.3 is 0 Å². The van der Waals surface area contributed by atoms with Gasteiger partial charge in [0.2, 0.25) is 0 Å². The lowest BCUT2D eigenvalue weighted by molar-refractivity contribution is 0.318. The molecule has 0 bridgehead atoms. The lowest BCUT2D eigenvalue weighted by Gasteiger charge is -2.32. The molecule has 1 fully saturated rings. The molecule has 0 aliphatic heterocycles. The van der Waals surface area contributed by atoms with Gasteiger partial charge in [-0.05, 0) is 46.5 Å². The summed E-state index contributed by atoms with van der Waals surface area (Å²) in [6, 6.07) is 0. The van der Waals surface area contributed by atoms with E-state index in [2.05, 4.69) is 42.9 Å². The highest BCUT2D eigenvalue weighted by atomic mass is 15.2. The molecule has 0 unspecified atom stereocenters. The fourth-order valence-electron chi connectivity index (χ4n) is 2.36. The van der Waals surface area contributed by atoms with E-state index in [0.29, 0.717) is 0 Å². The summed E-state index contributed by atoms with van der Waals surface area (Å²) in [5, 5.41) is 3.46. The summed E-state index contributed by atoms with van der Waals surface area (Å²) in [4.78, 5) is 11.5. The van der Waals surface area contributed by atoms with Gasteiger partial charge in [0.25, 0.3) is 0 Å². The summed E-state index contributed by atoms with van der Waals surface area (Å²) >= 11 is 0. The van der Waals surface area contributed by atoms with Crippen LogP contribution in [0, 0.1) is 5.92 Å². The molecule has 1 aromatic rings. The first-order chi connectivity index (χ1) is 9.48. The second-order valence-electron chi connectivity index (χ2n) is 6.81. The van der Waals surface area contributed by atoms with Gasteiger partial charge in [-0.3, -0.25) is 4.98 Å². The van der Waals surface area contributed by atoms with Crippen molar-refractivity contribution in [1.82, 2.24) is 15.3 Å². The third-order valence-corrected chi connectivity index (χ3v) is 3.88. The fourth-order valence-corrected chi connectivity index (χ4v) is 2.36. The molecule has 0 amide bonds. The van der Waals surface area contributed by atoms with Gasteiger partial charge in [0, 0.05) is 31.4 Å². The lowest BCUT2D eigenvalue weighted by Crippen LogP contribution is -2.36. The van der Waals surface area contributed by atoms with Gasteiger partial charge < -0.3 is 10.2 Å². The highest BCUT2D eigenvalue weighted by molar-refractivity contribution is 5.36. The maximum absolute atomic E-state index is 4.76. The van der Waals surface area contributed by atoms with E-state index >= 15 is 0 Å². The number of anilines is 1. The van der Waals surface area contributed by atoms with Crippen LogP contribution in [0.4, 0.5) is 5.82 Å². The molecule has 0 saturated heterocycles. The van der Waals surface area contributed by atoms with Crippen LogP contribution in [0.2, 0.25) is 0 Å². The van der Waals surface area contributed by atoms with Gasteiger partial charge in [0.15, 0.2) is 0 Å². The van der Waals surface area contributed by atoms with Gasteiger partial charge in [-0.2, -0.15) is 0 Å². The number of aromatic nitrogens is 2. The van der Waals surface area contributed by atoms with Gasteiger partial charge in [0.1, 0.15) is 5.82 Å². The monoisotopic (exact) mass is 276 g/mol. The molecule has 1 aliphatic rings. The van der Waals surface area contributed by atoms with Gasteiger partial charge in [-0.15, -0.1) is 0 Å². The van der Waals surface area contributed by atoms with Crippen LogP contribution < -0.4 is 10.2 Å². The molecule has 2 rings (SSSR count). The fraction of sp³-hybridized carbons (Fsp3) is 0.750. The van der Waals surface area contributed by atoms with Crippen LogP contribution in [0.5, 0.6) is 0 Å². The second-order valence-corrected chi connectivity index (χ2v) is 6.81. The summed E-state index contributed by atoms with van der Waals surface area (Å²) in [6.07, 6.45) is 7.88. The molecular weight excluding hydrogens is 248 g/mol. The molecular formula is C16H28N4. The summed E-state index contributed by atoms with van der Waals surface area (Å²) < 4.78 is 0. The van der Waals surface area contributed by atoms with Crippen LogP contribution in [0.15, 0.2) is 12.4 Å². The summed E-state index contributed by atoms with van der Waals surface area (Å²) in [6.45, 7) is 11.6. The topological polar surface area (TPSA) is 41.1 Å². The van der Waals surface area contributed by atoms with Crippen molar-refractivity contribution in [3.8, 4) is 0 Å². The quantitative estimate of drug-likeness (QED) is 0.867. The molecule has 1 N–H and O–H groups in total. The van der Waals surface area contributed by atoms with Crippen molar-refractivity contribution in [1.29, 1.82) is 0 Å². The average Bonchev–Trinajstić information content (AvgIpc) is 2.35. The molecule has 0 radical (unpaired) electrons. The van der Waals surface area contributed by atoms with Crippen LogP contribution in [0.25, 0.3) is 0 Å². The number of hydrogen-bond donors (Lipinski definition) is 1. The van der Waals surface area contributed by atoms with Crippen molar-refractivity contribution in [3.05, 3.63) is 18.1 Å². The van der Waals surface area contributed by atoms with Crippen LogP contribution >= 0.6 is 0 Å². The Balaban J connectivity index is 1.99. The number of hydrogen-bond acceptors (Lipinski definition) is 4. The highest BCUT2D eigenvalue weighted by Gasteiger charge is 2.21. The van der Waals surface area contributed by atoms with E-state index in [-0.39, 0.29) is 5.54 Å². The minimum atomic E-state index is 0.105. The Bertz CT molecular complexity index is 421. The minimum Gasteiger partial charge on any atom is -0.355 e. The molecule has 4 nitrogen and oxygen atoms in total. The molecule has 1 saturated carbocycles. The third kappa shape index (κ3) is 4.44. The minimum absolute atomic E-state index is 0.105. The lowest BCUT2D eigenvalue weighted by atomic mass is 9.85. The summed E-state index contributed by atoms with van der Waals surface area (Å²) in [5.74, 6) is 1.88. The zero-order valence-corrected chi connectivity index (χ0v) is 13.3. The number of nitrogens with zero attached hydrogens (tertiary/aromatic N) is 3. The SMILES string of the molecule is CCN(CC1CCC1)c1cncc(CNC(C)(C)C)n1. The zero-order valence-electron chi connectivity index (χ0n) is 13.3. The Morgan fingerprint density at radius 2 is 2.05 bits per heavy atom. The molecule has 0 spiro atoms. The van der Waals surface area contributed by atoms with Crippen molar-refractivity contribution in [2.24, 2.45) is 5.92 Å². The van der Waals surface area contributed by atoms with Crippen LogP contribution in [0.1, 0.15) is 52.7 Å². The molecule has 1 heterocycles. The van der Waals surface area contributed by atoms with E-state index in [0.717, 1.165) is 37.1 Å². The molecule has 1 aliphatic carbocycles. The molecule has 4 heteroatoms. The number of rotatable bonds is 6. The van der Waals surface area contributed by atoms with Crippen molar-refractivity contribution in [3.63, 3.8) is 0 Å². The molecule has 1 aromatic heterocycles. The average molecular weight is 276 g/mol. The first-order valence-electron chi connectivity index (χ1n) is 7.79. The van der Waals surface area contributed by atoms with Gasteiger partial charge in [-0.1, -0.05) is 6.42 Å². The van der Waals surface area contributed by atoms with E-state index in [1.54, 1.807) is 0 Å². The maximum Gasteiger partial charge on any atom is 0.147 e. The Kier molecular flexibility index (Phi) is 4.97. The van der Waals surface area contributed by atoms with Crippen molar-refractivity contribution in [2.75, 3.05) is 18.0 Å². The zero-order chi connectivity index (χ0) is 14.6. The summed E-state index contributed by atoms with van der Waals surface area (Å²) in [7, 11) is 0. The second kappa shape index (κ2) is 6.53. The van der Waals surface area contributed by atoms with Crippen molar-refractivity contribution in [2.45, 2.75) is 59.0 Å². The van der Waals surface area contributed by atoms with E-state index in [9.17, 15) is 0 Å². The molecule has 0 aromatic carbocycles. The first kappa shape index (κ1) is 15.2. The molecule has 0 atom stereocenters. The van der Waals surface area contributed by atoms with Crippen LogP contribution in [-0.2, 0) is 6.54 Å². The Hall–Kier alpha value is -1.16. The standard InChI is InChI=1S/C16H28N4/c1-5-20(12-13-7-6-8-13)15-11-17-9-14(19-15)10-18-16(2,3)4/h9,11,13,18H,5-8,10,12H2,1-4H3. The van der Waals surface area contributed by atoms with E-state index in [1.165, 1.54) is 19.3 Å². The Morgan fingerprint density at radius 1 is 1.30 bits per heavy atom. The largest absolute Gasteiger partial charge is 0.355 e. The van der Waals surface area contributed by atoms with Crippen molar-refractivity contribution < 1.29 is 0 Å². The molecule has 112 valence electrons. The van der Waals surface area contributed by atoms with Crippen molar-refractivity contribution >= 4 is 5.82 Å². The first-order valence-corrected chi connectivity index (χ1v) is 7.79. The van der Waals surface area contributed by atoms with Crippen LogP contribution in [0.3, 0.4) is 0 Å². The van der Waals surface area contributed by atoms with Crippen LogP contribution in [-0.4, -0.2) is 28.6 Å². The van der Waals surface area contributed by atoms with E-state index < -0.39 is 0 Å². The Morgan fingerprint density at radius 3 is 2.60 bits per heavy atom. The predicted octanol–water partition coefficient (Wildman–Crippen LogP) is 2.99. The third-order valence-electron chi connectivity index (χ3n) is 3.88. The maximum atomic E-state index is 4.76. The summed E-state index contributed by atoms with van der Waals surface area (Å²) in [5.41, 5.74) is 1.12. The molecule has 20 heavy (non-hydrogen) atoms. The normalized spacial score (nSPS) is 16.0. The Labute approximate surface area is 123 Å². The highest BCUT2D eigenvalue weighted by Crippen LogP contribution is 2.28. The number of nitrogens with one attached hydrogen (secondary N) is 1. The van der Waals surface area contributed by atoms with Gasteiger partial charge in [-0.25, -0.2) is 4.98 Å². The van der Waals surface area contributed by atoms with Gasteiger partial charge in [0.05, 0.1) is 11.9 Å². The van der Waals surface area contributed by atoms with E-state index in [1.807, 2.05) is 12.4 Å². The predicted molar refractivity (Wildman–Crippen MR) is 83.9 cm³/mol. The smallest absolute Gasteiger partial charge is 0.147 e.